The summed E-state index contributed by atoms with van der Waals surface area (Å²) >= 11 is 0. The van der Waals surface area contributed by atoms with Crippen molar-refractivity contribution >= 4 is 29.1 Å². The van der Waals surface area contributed by atoms with Gasteiger partial charge in [-0.3, -0.25) is 0 Å². The van der Waals surface area contributed by atoms with Crippen LogP contribution in [0.15, 0.2) is 78.5 Å². The first-order chi connectivity index (χ1) is 14.2. The van der Waals surface area contributed by atoms with Gasteiger partial charge in [0, 0.05) is 16.8 Å². The van der Waals surface area contributed by atoms with Gasteiger partial charge in [0.1, 0.15) is 0 Å². The standard InChI is InChI=1S/C25H18N2O2/c1-2-29-25(28)21-9-6-10-22(16-21)27-23(19-7-4-3-5-8-19)14-12-20-15-18(17-26)11-13-24(20)27/h3-13,15-16H,2H2,1H3. The number of esters is 1. The number of anilines is 2. The molecule has 29 heavy (non-hydrogen) atoms. The maximum absolute atomic E-state index is 12.3. The molecule has 1 heterocycles. The molecule has 0 atom stereocenters. The van der Waals surface area contributed by atoms with E-state index in [1.165, 1.54) is 0 Å². The number of benzene rings is 3. The van der Waals surface area contributed by atoms with Crippen LogP contribution in [0.3, 0.4) is 0 Å². The van der Waals surface area contributed by atoms with Gasteiger partial charge in [-0.1, -0.05) is 42.1 Å². The Morgan fingerprint density at radius 3 is 2.66 bits per heavy atom. The van der Waals surface area contributed by atoms with E-state index in [0.29, 0.717) is 17.7 Å². The highest BCUT2D eigenvalue weighted by molar-refractivity contribution is 5.97. The van der Waals surface area contributed by atoms with Gasteiger partial charge < -0.3 is 9.64 Å². The van der Waals surface area contributed by atoms with Crippen LogP contribution in [0, 0.1) is 11.3 Å². The summed E-state index contributed by atoms with van der Waals surface area (Å²) in [5.41, 5.74) is 8.93. The van der Waals surface area contributed by atoms with Crippen molar-refractivity contribution in [2.45, 2.75) is 6.92 Å². The van der Waals surface area contributed by atoms with E-state index in [1.807, 2.05) is 66.7 Å². The molecule has 3 aromatic rings. The first kappa shape index (κ1) is 18.3. The number of ether oxygens (including phenoxy) is 1. The molecule has 0 bridgehead atoms. The van der Waals surface area contributed by atoms with Crippen molar-refractivity contribution in [2.75, 3.05) is 11.5 Å². The summed E-state index contributed by atoms with van der Waals surface area (Å²) in [4.78, 5) is 14.3. The second kappa shape index (κ2) is 7.90. The Balaban J connectivity index is 1.89. The monoisotopic (exact) mass is 378 g/mol. The number of carbonyl (C=O) groups is 1. The Labute approximate surface area is 169 Å². The molecule has 3 aromatic carbocycles. The number of nitrogens with zero attached hydrogens (tertiary/aromatic N) is 2. The molecule has 4 nitrogen and oxygen atoms in total. The number of carbonyl (C=O) groups excluding carboxylic acids is 1. The van der Waals surface area contributed by atoms with Gasteiger partial charge in [0.25, 0.3) is 0 Å². The minimum atomic E-state index is -0.354. The summed E-state index contributed by atoms with van der Waals surface area (Å²) < 4.78 is 5.16. The highest BCUT2D eigenvalue weighted by atomic mass is 16.5. The number of hydrogen-bond donors (Lipinski definition) is 0. The minimum Gasteiger partial charge on any atom is -0.462 e. The summed E-state index contributed by atoms with van der Waals surface area (Å²) in [7, 11) is 0. The normalized spacial score (nSPS) is 12.0. The van der Waals surface area contributed by atoms with E-state index in [9.17, 15) is 10.1 Å². The molecule has 0 saturated heterocycles. The van der Waals surface area contributed by atoms with Crippen LogP contribution in [0.25, 0.3) is 11.8 Å². The third-order valence-electron chi connectivity index (χ3n) is 4.65. The summed E-state index contributed by atoms with van der Waals surface area (Å²) in [6.07, 6.45) is 1.89. The highest BCUT2D eigenvalue weighted by Gasteiger charge is 2.22. The molecule has 0 spiro atoms. The van der Waals surface area contributed by atoms with Crippen molar-refractivity contribution in [3.05, 3.63) is 101 Å². The third kappa shape index (κ3) is 3.55. The fraction of sp³-hybridized carbons (Fsp3) is 0.0800. The van der Waals surface area contributed by atoms with Gasteiger partial charge in [-0.05, 0) is 49.4 Å². The predicted molar refractivity (Wildman–Crippen MR) is 114 cm³/mol. The van der Waals surface area contributed by atoms with Gasteiger partial charge in [-0.2, -0.15) is 5.26 Å². The van der Waals surface area contributed by atoms with Crippen LogP contribution < -0.4 is 4.90 Å². The van der Waals surface area contributed by atoms with E-state index in [0.717, 1.165) is 28.2 Å². The Kier molecular flexibility index (Phi) is 4.99. The molecule has 0 saturated carbocycles. The quantitative estimate of drug-likeness (QED) is 0.442. The zero-order valence-corrected chi connectivity index (χ0v) is 15.9. The number of fused-ring (bicyclic) bond motifs is 1. The molecule has 0 amide bonds. The van der Waals surface area contributed by atoms with Crippen LogP contribution >= 0.6 is 0 Å². The lowest BCUT2D eigenvalue weighted by Gasteiger charge is -2.30. The zero-order valence-electron chi connectivity index (χ0n) is 15.9. The minimum absolute atomic E-state index is 0.324. The summed E-state index contributed by atoms with van der Waals surface area (Å²) in [6.45, 7) is 2.11. The maximum atomic E-state index is 12.3. The van der Waals surface area contributed by atoms with E-state index in [4.69, 9.17) is 4.74 Å². The number of hydrogen-bond acceptors (Lipinski definition) is 4. The van der Waals surface area contributed by atoms with Crippen molar-refractivity contribution in [1.82, 2.24) is 0 Å². The van der Waals surface area contributed by atoms with Crippen LogP contribution in [0.2, 0.25) is 0 Å². The van der Waals surface area contributed by atoms with Gasteiger partial charge in [-0.15, -0.1) is 0 Å². The van der Waals surface area contributed by atoms with Gasteiger partial charge in [0.15, 0.2) is 0 Å². The lowest BCUT2D eigenvalue weighted by Crippen LogP contribution is -2.18. The van der Waals surface area contributed by atoms with E-state index >= 15 is 0 Å². The smallest absolute Gasteiger partial charge is 0.338 e. The Morgan fingerprint density at radius 2 is 1.90 bits per heavy atom. The van der Waals surface area contributed by atoms with Gasteiger partial charge >= 0.3 is 5.97 Å². The molecular weight excluding hydrogens is 360 g/mol. The highest BCUT2D eigenvalue weighted by Crippen LogP contribution is 2.39. The van der Waals surface area contributed by atoms with Crippen LogP contribution in [0.4, 0.5) is 11.4 Å². The molecule has 4 rings (SSSR count). The van der Waals surface area contributed by atoms with Crippen LogP contribution in [0.5, 0.6) is 0 Å². The summed E-state index contributed by atoms with van der Waals surface area (Å²) in [6, 6.07) is 25.0. The summed E-state index contributed by atoms with van der Waals surface area (Å²) in [5.74, 6) is -0.354. The molecule has 140 valence electrons. The zero-order chi connectivity index (χ0) is 20.2. The second-order valence-corrected chi connectivity index (χ2v) is 6.49. The lowest BCUT2D eigenvalue weighted by molar-refractivity contribution is 0.0526. The molecule has 0 unspecified atom stereocenters. The van der Waals surface area contributed by atoms with Gasteiger partial charge in [0.2, 0.25) is 0 Å². The molecule has 0 aromatic heterocycles. The Morgan fingerprint density at radius 1 is 1.07 bits per heavy atom. The van der Waals surface area contributed by atoms with Crippen LogP contribution in [-0.4, -0.2) is 12.6 Å². The lowest BCUT2D eigenvalue weighted by atomic mass is 10.0. The average Bonchev–Trinajstić information content (AvgIpc) is 2.78. The maximum Gasteiger partial charge on any atom is 0.338 e. The van der Waals surface area contributed by atoms with Crippen LogP contribution in [-0.2, 0) is 4.74 Å². The molecule has 4 heteroatoms. The van der Waals surface area contributed by atoms with Crippen LogP contribution in [0.1, 0.15) is 34.0 Å². The van der Waals surface area contributed by atoms with Crippen molar-refractivity contribution < 1.29 is 9.53 Å². The van der Waals surface area contributed by atoms with E-state index in [1.54, 1.807) is 19.1 Å². The Hall–Kier alpha value is -4.06. The predicted octanol–water partition coefficient (Wildman–Crippen LogP) is 5.54. The first-order valence-corrected chi connectivity index (χ1v) is 9.35. The topological polar surface area (TPSA) is 53.3 Å². The van der Waals surface area contributed by atoms with Crippen molar-refractivity contribution in [2.24, 2.45) is 0 Å². The van der Waals surface area contributed by atoms with Crippen molar-refractivity contribution in [1.29, 1.82) is 5.26 Å². The largest absolute Gasteiger partial charge is 0.462 e. The molecule has 0 radical (unpaired) electrons. The molecule has 1 aliphatic heterocycles. The molecule has 0 aliphatic carbocycles. The van der Waals surface area contributed by atoms with E-state index in [-0.39, 0.29) is 5.97 Å². The fourth-order valence-corrected chi connectivity index (χ4v) is 3.34. The van der Waals surface area contributed by atoms with Crippen molar-refractivity contribution in [3.8, 4) is 6.07 Å². The van der Waals surface area contributed by atoms with E-state index < -0.39 is 0 Å². The number of nitriles is 1. The Bertz CT molecular complexity index is 1180. The fourth-order valence-electron chi connectivity index (χ4n) is 3.34. The first-order valence-electron chi connectivity index (χ1n) is 9.35. The molecule has 1 aliphatic rings. The molecule has 0 fully saturated rings. The summed E-state index contributed by atoms with van der Waals surface area (Å²) in [5, 5.41) is 9.25. The molecular formula is C25H18N2O2. The SMILES string of the molecule is CCOC(=O)c1cccc(N2C(c3ccccc3)=C=Cc3cc(C#N)ccc32)c1. The third-order valence-corrected chi connectivity index (χ3v) is 4.65. The van der Waals surface area contributed by atoms with Gasteiger partial charge in [-0.25, -0.2) is 4.79 Å². The average molecular weight is 378 g/mol. The molecule has 0 N–H and O–H groups in total. The van der Waals surface area contributed by atoms with Crippen molar-refractivity contribution in [3.63, 3.8) is 0 Å². The second-order valence-electron chi connectivity index (χ2n) is 6.49. The number of rotatable bonds is 4. The van der Waals surface area contributed by atoms with Gasteiger partial charge in [0.05, 0.1) is 35.2 Å². The van der Waals surface area contributed by atoms with E-state index in [2.05, 4.69) is 16.7 Å².